The van der Waals surface area contributed by atoms with E-state index in [1.807, 2.05) is 18.2 Å². The number of sulfonamides is 1. The summed E-state index contributed by atoms with van der Waals surface area (Å²) in [6.45, 7) is 4.53. The zero-order valence-electron chi connectivity index (χ0n) is 15.3. The molecule has 0 amide bonds. The van der Waals surface area contributed by atoms with Crippen molar-refractivity contribution in [2.24, 2.45) is 0 Å². The number of para-hydroxylation sites is 2. The van der Waals surface area contributed by atoms with Gasteiger partial charge >= 0.3 is 0 Å². The summed E-state index contributed by atoms with van der Waals surface area (Å²) in [5.41, 5.74) is 1.10. The predicted octanol–water partition coefficient (Wildman–Crippen LogP) is 2.45. The molecule has 3 rings (SSSR count). The first-order chi connectivity index (χ1) is 13.0. The number of nitrogens with one attached hydrogen (secondary N) is 1. The Balaban J connectivity index is 1.49. The third-order valence-electron chi connectivity index (χ3n) is 4.62. The molecule has 0 unspecified atom stereocenters. The van der Waals surface area contributed by atoms with Crippen molar-refractivity contribution < 1.29 is 13.2 Å². The van der Waals surface area contributed by atoms with Crippen LogP contribution in [0.2, 0.25) is 5.02 Å². The Bertz CT molecular complexity index is 868. The number of hydrogen-bond acceptors (Lipinski definition) is 5. The Morgan fingerprint density at radius 1 is 1.07 bits per heavy atom. The van der Waals surface area contributed by atoms with Crippen LogP contribution in [0, 0.1) is 0 Å². The SMILES string of the molecule is COc1ccccc1N1CCN(CCNS(=O)(=O)c2cccc(Cl)c2)CC1. The monoisotopic (exact) mass is 409 g/mol. The van der Waals surface area contributed by atoms with Gasteiger partial charge in [-0.1, -0.05) is 29.8 Å². The van der Waals surface area contributed by atoms with Crippen LogP contribution in [-0.2, 0) is 10.0 Å². The van der Waals surface area contributed by atoms with Crippen LogP contribution in [-0.4, -0.2) is 59.7 Å². The second-order valence-corrected chi connectivity index (χ2v) is 8.56. The fourth-order valence-electron chi connectivity index (χ4n) is 3.16. The summed E-state index contributed by atoms with van der Waals surface area (Å²) < 4.78 is 32.7. The van der Waals surface area contributed by atoms with Crippen molar-refractivity contribution in [3.63, 3.8) is 0 Å². The topological polar surface area (TPSA) is 61.9 Å². The largest absolute Gasteiger partial charge is 0.495 e. The molecule has 2 aromatic carbocycles. The Hall–Kier alpha value is -1.80. The minimum Gasteiger partial charge on any atom is -0.495 e. The molecule has 1 N–H and O–H groups in total. The number of anilines is 1. The molecule has 0 radical (unpaired) electrons. The first kappa shape index (κ1) is 19.9. The maximum atomic E-state index is 12.3. The molecule has 1 aliphatic heterocycles. The normalized spacial score (nSPS) is 15.7. The number of nitrogens with zero attached hydrogens (tertiary/aromatic N) is 2. The van der Waals surface area contributed by atoms with E-state index in [0.717, 1.165) is 37.6 Å². The second kappa shape index (κ2) is 8.93. The van der Waals surface area contributed by atoms with Crippen LogP contribution >= 0.6 is 11.6 Å². The van der Waals surface area contributed by atoms with E-state index in [1.54, 1.807) is 25.3 Å². The zero-order valence-corrected chi connectivity index (χ0v) is 16.8. The van der Waals surface area contributed by atoms with Crippen LogP contribution in [0.15, 0.2) is 53.4 Å². The van der Waals surface area contributed by atoms with E-state index in [9.17, 15) is 8.42 Å². The number of piperazine rings is 1. The highest BCUT2D eigenvalue weighted by Gasteiger charge is 2.20. The molecule has 1 heterocycles. The quantitative estimate of drug-likeness (QED) is 0.761. The van der Waals surface area contributed by atoms with E-state index in [0.29, 0.717) is 18.1 Å². The average Bonchev–Trinajstić information content (AvgIpc) is 2.68. The third-order valence-corrected chi connectivity index (χ3v) is 6.32. The molecule has 8 heteroatoms. The smallest absolute Gasteiger partial charge is 0.240 e. The Morgan fingerprint density at radius 2 is 1.81 bits per heavy atom. The highest BCUT2D eigenvalue weighted by atomic mass is 35.5. The van der Waals surface area contributed by atoms with Gasteiger partial charge in [0.2, 0.25) is 10.0 Å². The third kappa shape index (κ3) is 5.13. The summed E-state index contributed by atoms with van der Waals surface area (Å²) in [7, 11) is -1.85. The van der Waals surface area contributed by atoms with Gasteiger partial charge in [0, 0.05) is 44.3 Å². The molecule has 1 saturated heterocycles. The van der Waals surface area contributed by atoms with Crippen LogP contribution in [0.3, 0.4) is 0 Å². The van der Waals surface area contributed by atoms with Crippen molar-refractivity contribution in [2.75, 3.05) is 51.3 Å². The summed E-state index contributed by atoms with van der Waals surface area (Å²) in [5, 5.41) is 0.408. The van der Waals surface area contributed by atoms with Gasteiger partial charge in [0.15, 0.2) is 0 Å². The fourth-order valence-corrected chi connectivity index (χ4v) is 4.48. The van der Waals surface area contributed by atoms with Gasteiger partial charge in [-0.3, -0.25) is 4.90 Å². The summed E-state index contributed by atoms with van der Waals surface area (Å²) in [5.74, 6) is 0.875. The van der Waals surface area contributed by atoms with Gasteiger partial charge < -0.3 is 9.64 Å². The van der Waals surface area contributed by atoms with Gasteiger partial charge in [-0.25, -0.2) is 13.1 Å². The molecule has 1 fully saturated rings. The van der Waals surface area contributed by atoms with Gasteiger partial charge in [-0.15, -0.1) is 0 Å². The van der Waals surface area contributed by atoms with Gasteiger partial charge in [0.1, 0.15) is 5.75 Å². The summed E-state index contributed by atoms with van der Waals surface area (Å²) in [4.78, 5) is 4.74. The van der Waals surface area contributed by atoms with Crippen molar-refractivity contribution in [2.45, 2.75) is 4.90 Å². The molecule has 146 valence electrons. The highest BCUT2D eigenvalue weighted by Crippen LogP contribution is 2.28. The van der Waals surface area contributed by atoms with Crippen LogP contribution in [0.4, 0.5) is 5.69 Å². The van der Waals surface area contributed by atoms with Crippen LogP contribution in [0.1, 0.15) is 0 Å². The van der Waals surface area contributed by atoms with Crippen molar-refractivity contribution >= 4 is 27.3 Å². The Kier molecular flexibility index (Phi) is 6.59. The second-order valence-electron chi connectivity index (χ2n) is 6.36. The lowest BCUT2D eigenvalue weighted by molar-refractivity contribution is 0.261. The summed E-state index contributed by atoms with van der Waals surface area (Å²) >= 11 is 5.88. The Labute approximate surface area is 165 Å². The van der Waals surface area contributed by atoms with Gasteiger partial charge in [-0.2, -0.15) is 0 Å². The van der Waals surface area contributed by atoms with Crippen LogP contribution in [0.25, 0.3) is 0 Å². The zero-order chi connectivity index (χ0) is 19.3. The molecule has 6 nitrogen and oxygen atoms in total. The van der Waals surface area contributed by atoms with E-state index in [4.69, 9.17) is 16.3 Å². The highest BCUT2D eigenvalue weighted by molar-refractivity contribution is 7.89. The van der Waals surface area contributed by atoms with Crippen molar-refractivity contribution in [1.29, 1.82) is 0 Å². The lowest BCUT2D eigenvalue weighted by atomic mass is 10.2. The molecule has 27 heavy (non-hydrogen) atoms. The molecule has 1 aliphatic rings. The molecule has 0 atom stereocenters. The maximum absolute atomic E-state index is 12.3. The lowest BCUT2D eigenvalue weighted by Gasteiger charge is -2.36. The number of rotatable bonds is 7. The standard InChI is InChI=1S/C19H24ClN3O3S/c1-26-19-8-3-2-7-18(19)23-13-11-22(12-14-23)10-9-21-27(24,25)17-6-4-5-16(20)15-17/h2-8,15,21H,9-14H2,1H3. The predicted molar refractivity (Wildman–Crippen MR) is 108 cm³/mol. The number of halogens is 1. The van der Waals surface area contributed by atoms with E-state index < -0.39 is 10.0 Å². The number of methoxy groups -OCH3 is 1. The summed E-state index contributed by atoms with van der Waals surface area (Å²) in [6.07, 6.45) is 0. The molecule has 0 spiro atoms. The first-order valence-corrected chi connectivity index (χ1v) is 10.7. The van der Waals surface area contributed by atoms with Gasteiger partial charge in [-0.05, 0) is 30.3 Å². The van der Waals surface area contributed by atoms with E-state index in [-0.39, 0.29) is 4.90 Å². The molecule has 0 aliphatic carbocycles. The summed E-state index contributed by atoms with van der Waals surface area (Å²) in [6, 6.07) is 14.3. The lowest BCUT2D eigenvalue weighted by Crippen LogP contribution is -2.48. The minimum absolute atomic E-state index is 0.191. The van der Waals surface area contributed by atoms with Gasteiger partial charge in [0.25, 0.3) is 0 Å². The Morgan fingerprint density at radius 3 is 2.52 bits per heavy atom. The van der Waals surface area contributed by atoms with E-state index >= 15 is 0 Å². The van der Waals surface area contributed by atoms with E-state index in [2.05, 4.69) is 20.6 Å². The fraction of sp³-hybridized carbons (Fsp3) is 0.368. The average molecular weight is 410 g/mol. The van der Waals surface area contributed by atoms with Crippen molar-refractivity contribution in [1.82, 2.24) is 9.62 Å². The van der Waals surface area contributed by atoms with Crippen LogP contribution in [0.5, 0.6) is 5.75 Å². The number of ether oxygens (including phenoxy) is 1. The van der Waals surface area contributed by atoms with Crippen molar-refractivity contribution in [3.8, 4) is 5.75 Å². The van der Waals surface area contributed by atoms with Crippen LogP contribution < -0.4 is 14.4 Å². The number of hydrogen-bond donors (Lipinski definition) is 1. The maximum Gasteiger partial charge on any atom is 0.240 e. The molecule has 0 aromatic heterocycles. The van der Waals surface area contributed by atoms with Gasteiger partial charge in [0.05, 0.1) is 17.7 Å². The molecule has 2 aromatic rings. The first-order valence-electron chi connectivity index (χ1n) is 8.85. The number of benzene rings is 2. The molecular weight excluding hydrogens is 386 g/mol. The molecular formula is C19H24ClN3O3S. The van der Waals surface area contributed by atoms with E-state index in [1.165, 1.54) is 6.07 Å². The molecule has 0 saturated carbocycles. The minimum atomic E-state index is -3.53. The molecule has 0 bridgehead atoms. The van der Waals surface area contributed by atoms with Crippen molar-refractivity contribution in [3.05, 3.63) is 53.6 Å².